The van der Waals surface area contributed by atoms with Gasteiger partial charge in [0.15, 0.2) is 11.6 Å². The zero-order chi connectivity index (χ0) is 18.6. The first-order valence-corrected chi connectivity index (χ1v) is 8.63. The number of aromatic nitrogens is 1. The fourth-order valence-corrected chi connectivity index (χ4v) is 3.59. The molecule has 2 unspecified atom stereocenters. The van der Waals surface area contributed by atoms with Crippen molar-refractivity contribution in [3.8, 4) is 11.6 Å². The molecule has 0 spiro atoms. The van der Waals surface area contributed by atoms with E-state index in [0.29, 0.717) is 17.5 Å². The lowest BCUT2D eigenvalue weighted by Crippen LogP contribution is -2.44. The number of methoxy groups -OCH3 is 1. The Morgan fingerprint density at radius 3 is 2.52 bits per heavy atom. The standard InChI is InChI=1S/C15H20F3N3O2.C2H6/c1-20-7-6-11-10(9-20)5-8-21(11)14-12(22-2)3-4-13(19-14)23-15(16,17)18;1-2/h3-4,10-11H,5-9H2,1-2H3;1-2H3. The Morgan fingerprint density at radius 2 is 1.88 bits per heavy atom. The molecule has 0 aromatic carbocycles. The van der Waals surface area contributed by atoms with Crippen molar-refractivity contribution in [3.05, 3.63) is 12.1 Å². The van der Waals surface area contributed by atoms with Crippen LogP contribution in [0.25, 0.3) is 0 Å². The van der Waals surface area contributed by atoms with Crippen molar-refractivity contribution in [3.63, 3.8) is 0 Å². The number of rotatable bonds is 3. The molecule has 0 bridgehead atoms. The van der Waals surface area contributed by atoms with Crippen LogP contribution in [0.5, 0.6) is 11.6 Å². The van der Waals surface area contributed by atoms with E-state index in [4.69, 9.17) is 4.74 Å². The number of pyridine rings is 1. The number of fused-ring (bicyclic) bond motifs is 1. The largest absolute Gasteiger partial charge is 0.574 e. The van der Waals surface area contributed by atoms with E-state index in [1.807, 2.05) is 13.8 Å². The lowest BCUT2D eigenvalue weighted by Gasteiger charge is -2.37. The molecule has 2 saturated heterocycles. The maximum Gasteiger partial charge on any atom is 0.574 e. The third-order valence-electron chi connectivity index (χ3n) is 4.56. The number of ether oxygens (including phenoxy) is 2. The van der Waals surface area contributed by atoms with Crippen LogP contribution in [0.2, 0.25) is 0 Å². The molecular weight excluding hydrogens is 335 g/mol. The second kappa shape index (κ2) is 8.12. The molecule has 3 rings (SSSR count). The second-order valence-electron chi connectivity index (χ2n) is 6.08. The first kappa shape index (κ1) is 19.6. The van der Waals surface area contributed by atoms with Gasteiger partial charge in [-0.1, -0.05) is 13.8 Å². The molecule has 0 saturated carbocycles. The van der Waals surface area contributed by atoms with E-state index in [1.165, 1.54) is 19.2 Å². The van der Waals surface area contributed by atoms with Gasteiger partial charge < -0.3 is 19.3 Å². The van der Waals surface area contributed by atoms with Gasteiger partial charge >= 0.3 is 6.36 Å². The van der Waals surface area contributed by atoms with Crippen molar-refractivity contribution in [1.29, 1.82) is 0 Å². The summed E-state index contributed by atoms with van der Waals surface area (Å²) in [5.41, 5.74) is 0. The van der Waals surface area contributed by atoms with E-state index in [-0.39, 0.29) is 6.04 Å². The van der Waals surface area contributed by atoms with Crippen LogP contribution >= 0.6 is 0 Å². The molecule has 2 atom stereocenters. The molecule has 1 aromatic rings. The number of hydrogen-bond acceptors (Lipinski definition) is 5. The fraction of sp³-hybridized carbons (Fsp3) is 0.706. The zero-order valence-electron chi connectivity index (χ0n) is 15.1. The molecule has 8 heteroatoms. The SMILES string of the molecule is CC.COc1ccc(OC(F)(F)F)nc1N1CCC2CN(C)CCC21. The Balaban J connectivity index is 0.00000109. The Hall–Kier alpha value is -1.70. The molecule has 3 heterocycles. The molecule has 2 aliphatic heterocycles. The van der Waals surface area contributed by atoms with Gasteiger partial charge in [-0.05, 0) is 38.4 Å². The minimum absolute atomic E-state index is 0.286. The summed E-state index contributed by atoms with van der Waals surface area (Å²) in [5, 5.41) is 0. The average Bonchev–Trinajstić information content (AvgIpc) is 2.98. The molecule has 2 aliphatic rings. The van der Waals surface area contributed by atoms with E-state index in [1.54, 1.807) is 0 Å². The van der Waals surface area contributed by atoms with Gasteiger partial charge in [0.05, 0.1) is 7.11 Å². The molecule has 0 aliphatic carbocycles. The van der Waals surface area contributed by atoms with Gasteiger partial charge in [-0.2, -0.15) is 4.98 Å². The summed E-state index contributed by atoms with van der Waals surface area (Å²) in [6, 6.07) is 2.94. The highest BCUT2D eigenvalue weighted by molar-refractivity contribution is 5.55. The van der Waals surface area contributed by atoms with Crippen molar-refractivity contribution in [2.75, 3.05) is 38.7 Å². The van der Waals surface area contributed by atoms with Crippen LogP contribution in [-0.2, 0) is 0 Å². The summed E-state index contributed by atoms with van der Waals surface area (Å²) in [5.74, 6) is 0.961. The third kappa shape index (κ3) is 4.68. The van der Waals surface area contributed by atoms with Crippen molar-refractivity contribution < 1.29 is 22.6 Å². The molecule has 5 nitrogen and oxygen atoms in total. The van der Waals surface area contributed by atoms with Gasteiger partial charge in [-0.25, -0.2) is 0 Å². The Bertz CT molecular complexity index is 569. The summed E-state index contributed by atoms with van der Waals surface area (Å²) in [4.78, 5) is 8.43. The number of nitrogens with zero attached hydrogens (tertiary/aromatic N) is 3. The van der Waals surface area contributed by atoms with Crippen molar-refractivity contribution >= 4 is 5.82 Å². The average molecular weight is 361 g/mol. The smallest absolute Gasteiger partial charge is 0.493 e. The molecule has 25 heavy (non-hydrogen) atoms. The summed E-state index contributed by atoms with van der Waals surface area (Å²) >= 11 is 0. The Morgan fingerprint density at radius 1 is 1.16 bits per heavy atom. The maximum absolute atomic E-state index is 12.4. The molecule has 0 radical (unpaired) electrons. The highest BCUT2D eigenvalue weighted by Crippen LogP contribution is 2.39. The van der Waals surface area contributed by atoms with Crippen LogP contribution in [-0.4, -0.2) is 56.1 Å². The van der Waals surface area contributed by atoms with Gasteiger partial charge in [0.1, 0.15) is 0 Å². The number of alkyl halides is 3. The Kier molecular flexibility index (Phi) is 6.37. The molecule has 0 amide bonds. The number of anilines is 1. The normalized spacial score (nSPS) is 23.6. The first-order chi connectivity index (χ1) is 11.9. The number of halogens is 3. The van der Waals surface area contributed by atoms with Gasteiger partial charge in [-0.15, -0.1) is 13.2 Å². The summed E-state index contributed by atoms with van der Waals surface area (Å²) < 4.78 is 46.5. The van der Waals surface area contributed by atoms with E-state index in [9.17, 15) is 13.2 Å². The molecule has 142 valence electrons. The van der Waals surface area contributed by atoms with Crippen molar-refractivity contribution in [2.24, 2.45) is 5.92 Å². The van der Waals surface area contributed by atoms with Crippen LogP contribution < -0.4 is 14.4 Å². The van der Waals surface area contributed by atoms with Gasteiger partial charge in [0.2, 0.25) is 5.88 Å². The molecule has 2 fully saturated rings. The topological polar surface area (TPSA) is 37.8 Å². The van der Waals surface area contributed by atoms with Gasteiger partial charge in [0, 0.05) is 25.2 Å². The maximum atomic E-state index is 12.4. The van der Waals surface area contributed by atoms with Crippen LogP contribution in [0.1, 0.15) is 26.7 Å². The van der Waals surface area contributed by atoms with Crippen LogP contribution in [0.3, 0.4) is 0 Å². The van der Waals surface area contributed by atoms with Crippen molar-refractivity contribution in [1.82, 2.24) is 9.88 Å². The predicted molar refractivity (Wildman–Crippen MR) is 90.2 cm³/mol. The van der Waals surface area contributed by atoms with E-state index < -0.39 is 12.2 Å². The van der Waals surface area contributed by atoms with Crippen LogP contribution in [0.15, 0.2) is 12.1 Å². The highest BCUT2D eigenvalue weighted by atomic mass is 19.4. The highest BCUT2D eigenvalue weighted by Gasteiger charge is 2.39. The molecular formula is C17H26F3N3O2. The van der Waals surface area contributed by atoms with Gasteiger partial charge in [0.25, 0.3) is 0 Å². The lowest BCUT2D eigenvalue weighted by atomic mass is 9.93. The Labute approximate surface area is 146 Å². The summed E-state index contributed by atoms with van der Waals surface area (Å²) in [6.07, 6.45) is -2.78. The monoisotopic (exact) mass is 361 g/mol. The van der Waals surface area contributed by atoms with Gasteiger partial charge in [-0.3, -0.25) is 0 Å². The van der Waals surface area contributed by atoms with E-state index in [0.717, 1.165) is 32.5 Å². The first-order valence-electron chi connectivity index (χ1n) is 8.63. The van der Waals surface area contributed by atoms with Crippen LogP contribution in [0, 0.1) is 5.92 Å². The minimum atomic E-state index is -4.75. The lowest BCUT2D eigenvalue weighted by molar-refractivity contribution is -0.276. The van der Waals surface area contributed by atoms with E-state index in [2.05, 4.69) is 26.6 Å². The quantitative estimate of drug-likeness (QED) is 0.823. The fourth-order valence-electron chi connectivity index (χ4n) is 3.59. The summed E-state index contributed by atoms with van der Waals surface area (Å²) in [6.45, 7) is 6.74. The zero-order valence-corrected chi connectivity index (χ0v) is 15.1. The van der Waals surface area contributed by atoms with E-state index >= 15 is 0 Å². The number of likely N-dealkylation sites (tertiary alicyclic amines) is 1. The molecule has 0 N–H and O–H groups in total. The third-order valence-corrected chi connectivity index (χ3v) is 4.56. The number of piperidine rings is 1. The van der Waals surface area contributed by atoms with Crippen molar-refractivity contribution in [2.45, 2.75) is 39.1 Å². The minimum Gasteiger partial charge on any atom is -0.493 e. The van der Waals surface area contributed by atoms with Crippen LogP contribution in [0.4, 0.5) is 19.0 Å². The summed E-state index contributed by atoms with van der Waals surface area (Å²) in [7, 11) is 3.59. The number of hydrogen-bond donors (Lipinski definition) is 0. The second-order valence-corrected chi connectivity index (χ2v) is 6.08. The molecule has 1 aromatic heterocycles. The predicted octanol–water partition coefficient (Wildman–Crippen LogP) is 3.55.